The summed E-state index contributed by atoms with van der Waals surface area (Å²) in [5, 5.41) is 5.64. The highest BCUT2D eigenvalue weighted by Gasteiger charge is 2.28. The molecule has 1 aliphatic heterocycles. The number of thioether (sulfide) groups is 1. The van der Waals surface area contributed by atoms with E-state index in [4.69, 9.17) is 11.6 Å². The number of halogens is 1. The summed E-state index contributed by atoms with van der Waals surface area (Å²) >= 11 is 7.52. The Balaban J connectivity index is 1.67. The molecule has 0 fully saturated rings. The van der Waals surface area contributed by atoms with Crippen LogP contribution in [0.3, 0.4) is 0 Å². The number of anilines is 2. The molecule has 0 aromatic heterocycles. The molecule has 1 unspecified atom stereocenters. The summed E-state index contributed by atoms with van der Waals surface area (Å²) in [5.74, 6) is -0.387. The molecule has 118 valence electrons. The SMILES string of the molecule is Cc1ccc(NC(=O)CC2Sc3ccccc3NC2=O)c(Cl)c1. The van der Waals surface area contributed by atoms with E-state index in [0.717, 1.165) is 16.1 Å². The van der Waals surface area contributed by atoms with E-state index in [0.29, 0.717) is 10.7 Å². The van der Waals surface area contributed by atoms with Gasteiger partial charge in [-0.1, -0.05) is 29.8 Å². The molecule has 0 aliphatic carbocycles. The molecule has 4 nitrogen and oxygen atoms in total. The third-order valence-corrected chi connectivity index (χ3v) is 5.06. The number of para-hydroxylation sites is 1. The number of hydrogen-bond donors (Lipinski definition) is 2. The van der Waals surface area contributed by atoms with Crippen LogP contribution in [0.2, 0.25) is 5.02 Å². The van der Waals surface area contributed by atoms with E-state index in [1.165, 1.54) is 11.8 Å². The standard InChI is InChI=1S/C17H15ClN2O2S/c1-10-6-7-12(11(18)8-10)19-16(21)9-15-17(22)20-13-4-2-3-5-14(13)23-15/h2-8,15H,9H2,1H3,(H,19,21)(H,20,22). The molecule has 6 heteroatoms. The minimum Gasteiger partial charge on any atom is -0.325 e. The summed E-state index contributed by atoms with van der Waals surface area (Å²) in [5.41, 5.74) is 2.37. The molecule has 1 atom stereocenters. The largest absolute Gasteiger partial charge is 0.325 e. The van der Waals surface area contributed by atoms with Gasteiger partial charge >= 0.3 is 0 Å². The van der Waals surface area contributed by atoms with Crippen molar-refractivity contribution in [3.63, 3.8) is 0 Å². The van der Waals surface area contributed by atoms with Crippen LogP contribution in [0, 0.1) is 6.92 Å². The van der Waals surface area contributed by atoms with Crippen LogP contribution in [0.1, 0.15) is 12.0 Å². The average molecular weight is 347 g/mol. The van der Waals surface area contributed by atoms with Crippen LogP contribution in [-0.2, 0) is 9.59 Å². The molecule has 2 aromatic rings. The number of amides is 2. The van der Waals surface area contributed by atoms with Gasteiger partial charge < -0.3 is 10.6 Å². The van der Waals surface area contributed by atoms with E-state index in [1.54, 1.807) is 12.1 Å². The molecular weight excluding hydrogens is 332 g/mol. The number of rotatable bonds is 3. The number of benzene rings is 2. The quantitative estimate of drug-likeness (QED) is 0.880. The fourth-order valence-corrected chi connectivity index (χ4v) is 3.71. The fourth-order valence-electron chi connectivity index (χ4n) is 2.32. The number of fused-ring (bicyclic) bond motifs is 1. The van der Waals surface area contributed by atoms with Crippen LogP contribution in [0.25, 0.3) is 0 Å². The Kier molecular flexibility index (Phi) is 4.59. The van der Waals surface area contributed by atoms with Crippen molar-refractivity contribution >= 4 is 46.6 Å². The van der Waals surface area contributed by atoms with Gasteiger partial charge in [0, 0.05) is 11.3 Å². The van der Waals surface area contributed by atoms with E-state index in [-0.39, 0.29) is 18.2 Å². The van der Waals surface area contributed by atoms with Crippen LogP contribution >= 0.6 is 23.4 Å². The molecule has 2 N–H and O–H groups in total. The van der Waals surface area contributed by atoms with Crippen molar-refractivity contribution in [2.24, 2.45) is 0 Å². The van der Waals surface area contributed by atoms with Gasteiger partial charge in [0.1, 0.15) is 0 Å². The highest BCUT2D eigenvalue weighted by atomic mass is 35.5. The highest BCUT2D eigenvalue weighted by Crippen LogP contribution is 2.36. The average Bonchev–Trinajstić information content (AvgIpc) is 2.51. The normalized spacial score (nSPS) is 16.4. The Morgan fingerprint density at radius 3 is 2.87 bits per heavy atom. The first kappa shape index (κ1) is 15.9. The van der Waals surface area contributed by atoms with Gasteiger partial charge in [-0.2, -0.15) is 0 Å². The van der Waals surface area contributed by atoms with Crippen LogP contribution in [0.4, 0.5) is 11.4 Å². The number of nitrogens with one attached hydrogen (secondary N) is 2. The zero-order valence-corrected chi connectivity index (χ0v) is 14.0. The third-order valence-electron chi connectivity index (χ3n) is 3.48. The summed E-state index contributed by atoms with van der Waals surface area (Å²) in [6.45, 7) is 1.93. The number of aryl methyl sites for hydroxylation is 1. The third kappa shape index (κ3) is 3.68. The molecule has 0 saturated carbocycles. The molecule has 3 rings (SSSR count). The lowest BCUT2D eigenvalue weighted by Gasteiger charge is -2.23. The smallest absolute Gasteiger partial charge is 0.238 e. The van der Waals surface area contributed by atoms with Gasteiger partial charge in [-0.15, -0.1) is 11.8 Å². The van der Waals surface area contributed by atoms with Crippen molar-refractivity contribution in [2.75, 3.05) is 10.6 Å². The van der Waals surface area contributed by atoms with E-state index in [9.17, 15) is 9.59 Å². The second kappa shape index (κ2) is 6.64. The predicted molar refractivity (Wildman–Crippen MR) is 94.2 cm³/mol. The summed E-state index contributed by atoms with van der Waals surface area (Å²) in [7, 11) is 0. The molecule has 0 saturated heterocycles. The molecule has 23 heavy (non-hydrogen) atoms. The van der Waals surface area contributed by atoms with E-state index < -0.39 is 5.25 Å². The minimum absolute atomic E-state index is 0.0923. The first-order valence-electron chi connectivity index (χ1n) is 7.15. The minimum atomic E-state index is -0.450. The van der Waals surface area contributed by atoms with Crippen molar-refractivity contribution in [2.45, 2.75) is 23.5 Å². The maximum absolute atomic E-state index is 12.2. The van der Waals surface area contributed by atoms with Gasteiger partial charge in [0.25, 0.3) is 0 Å². The lowest BCUT2D eigenvalue weighted by atomic mass is 10.2. The number of hydrogen-bond acceptors (Lipinski definition) is 3. The van der Waals surface area contributed by atoms with Gasteiger partial charge in [-0.25, -0.2) is 0 Å². The van der Waals surface area contributed by atoms with Gasteiger partial charge in [0.2, 0.25) is 11.8 Å². The lowest BCUT2D eigenvalue weighted by molar-refractivity contribution is -0.120. The van der Waals surface area contributed by atoms with Gasteiger partial charge in [0.15, 0.2) is 0 Å². The zero-order chi connectivity index (χ0) is 16.4. The van der Waals surface area contributed by atoms with E-state index in [1.807, 2.05) is 37.3 Å². The second-order valence-electron chi connectivity index (χ2n) is 5.33. The molecule has 0 spiro atoms. The molecule has 1 heterocycles. The van der Waals surface area contributed by atoms with Crippen molar-refractivity contribution in [1.29, 1.82) is 0 Å². The van der Waals surface area contributed by atoms with Crippen molar-refractivity contribution in [3.05, 3.63) is 53.1 Å². The molecule has 0 bridgehead atoms. The van der Waals surface area contributed by atoms with Gasteiger partial charge in [-0.05, 0) is 36.8 Å². The Morgan fingerprint density at radius 1 is 1.30 bits per heavy atom. The van der Waals surface area contributed by atoms with Crippen LogP contribution in [-0.4, -0.2) is 17.1 Å². The summed E-state index contributed by atoms with van der Waals surface area (Å²) < 4.78 is 0. The van der Waals surface area contributed by atoms with Gasteiger partial charge in [-0.3, -0.25) is 9.59 Å². The number of carbonyl (C=O) groups excluding carboxylic acids is 2. The Hall–Kier alpha value is -1.98. The molecule has 2 aromatic carbocycles. The maximum Gasteiger partial charge on any atom is 0.238 e. The van der Waals surface area contributed by atoms with Crippen molar-refractivity contribution < 1.29 is 9.59 Å². The molecule has 1 aliphatic rings. The Morgan fingerprint density at radius 2 is 2.09 bits per heavy atom. The summed E-state index contributed by atoms with van der Waals surface area (Å²) in [4.78, 5) is 25.3. The molecule has 0 radical (unpaired) electrons. The van der Waals surface area contributed by atoms with E-state index in [2.05, 4.69) is 10.6 Å². The highest BCUT2D eigenvalue weighted by molar-refractivity contribution is 8.01. The summed E-state index contributed by atoms with van der Waals surface area (Å²) in [6, 6.07) is 13.0. The monoisotopic (exact) mass is 346 g/mol. The van der Waals surface area contributed by atoms with Crippen LogP contribution < -0.4 is 10.6 Å². The zero-order valence-electron chi connectivity index (χ0n) is 12.4. The topological polar surface area (TPSA) is 58.2 Å². The molecule has 2 amide bonds. The molecular formula is C17H15ClN2O2S. The van der Waals surface area contributed by atoms with Crippen molar-refractivity contribution in [1.82, 2.24) is 0 Å². The van der Waals surface area contributed by atoms with Gasteiger partial charge in [0.05, 0.1) is 21.6 Å². The first-order valence-corrected chi connectivity index (χ1v) is 8.41. The fraction of sp³-hybridized carbons (Fsp3) is 0.176. The number of carbonyl (C=O) groups is 2. The summed E-state index contributed by atoms with van der Waals surface area (Å²) in [6.07, 6.45) is 0.0923. The maximum atomic E-state index is 12.2. The van der Waals surface area contributed by atoms with E-state index >= 15 is 0 Å². The van der Waals surface area contributed by atoms with Crippen LogP contribution in [0.5, 0.6) is 0 Å². The Labute approximate surface area is 143 Å². The van der Waals surface area contributed by atoms with Crippen LogP contribution in [0.15, 0.2) is 47.4 Å². The predicted octanol–water partition coefficient (Wildman–Crippen LogP) is 4.09. The first-order chi connectivity index (χ1) is 11.0. The Bertz CT molecular complexity index is 779. The lowest BCUT2D eigenvalue weighted by Crippen LogP contribution is -2.32. The second-order valence-corrected chi connectivity index (χ2v) is 6.98. The van der Waals surface area contributed by atoms with Crippen molar-refractivity contribution in [3.8, 4) is 0 Å².